The van der Waals surface area contributed by atoms with Gasteiger partial charge in [-0.15, -0.1) is 11.3 Å². The molecular weight excluding hydrogens is 282 g/mol. The SMILES string of the molecule is O=C(Cc1ccc(-c2ccccn2)cc1)Nc1nccs1. The van der Waals surface area contributed by atoms with Gasteiger partial charge in [0.15, 0.2) is 5.13 Å². The summed E-state index contributed by atoms with van der Waals surface area (Å²) in [5.41, 5.74) is 2.93. The predicted molar refractivity (Wildman–Crippen MR) is 84.1 cm³/mol. The van der Waals surface area contributed by atoms with Gasteiger partial charge in [0.2, 0.25) is 5.91 Å². The van der Waals surface area contributed by atoms with E-state index in [1.54, 1.807) is 12.4 Å². The molecule has 1 aromatic carbocycles. The molecule has 2 aromatic heterocycles. The predicted octanol–water partition coefficient (Wildman–Crippen LogP) is 3.39. The number of thiazole rings is 1. The Morgan fingerprint density at radius 3 is 2.57 bits per heavy atom. The highest BCUT2D eigenvalue weighted by molar-refractivity contribution is 7.13. The van der Waals surface area contributed by atoms with Gasteiger partial charge in [-0.1, -0.05) is 30.3 Å². The molecule has 0 radical (unpaired) electrons. The van der Waals surface area contributed by atoms with Crippen LogP contribution in [0.15, 0.2) is 60.2 Å². The summed E-state index contributed by atoms with van der Waals surface area (Å²) < 4.78 is 0. The smallest absolute Gasteiger partial charge is 0.230 e. The Kier molecular flexibility index (Phi) is 4.02. The molecule has 0 aliphatic heterocycles. The van der Waals surface area contributed by atoms with Gasteiger partial charge in [0.25, 0.3) is 0 Å². The molecule has 0 atom stereocenters. The first-order valence-corrected chi connectivity index (χ1v) is 7.39. The van der Waals surface area contributed by atoms with Crippen LogP contribution in [0.1, 0.15) is 5.56 Å². The number of hydrogen-bond acceptors (Lipinski definition) is 4. The minimum Gasteiger partial charge on any atom is -0.302 e. The molecule has 5 heteroatoms. The number of nitrogens with zero attached hydrogens (tertiary/aromatic N) is 2. The van der Waals surface area contributed by atoms with Gasteiger partial charge in [-0.05, 0) is 17.7 Å². The standard InChI is InChI=1S/C16H13N3OS/c20-15(19-16-18-9-10-21-16)11-12-4-6-13(7-5-12)14-3-1-2-8-17-14/h1-10H,11H2,(H,18,19,20). The summed E-state index contributed by atoms with van der Waals surface area (Å²) in [6.07, 6.45) is 3.77. The Labute approximate surface area is 126 Å². The van der Waals surface area contributed by atoms with Crippen molar-refractivity contribution in [3.63, 3.8) is 0 Å². The fourth-order valence-corrected chi connectivity index (χ4v) is 2.51. The van der Waals surface area contributed by atoms with Crippen molar-refractivity contribution in [3.05, 3.63) is 65.8 Å². The number of aromatic nitrogens is 2. The van der Waals surface area contributed by atoms with Gasteiger partial charge in [0.1, 0.15) is 0 Å². The van der Waals surface area contributed by atoms with Gasteiger partial charge in [-0.3, -0.25) is 9.78 Å². The molecule has 0 bridgehead atoms. The first-order chi connectivity index (χ1) is 10.3. The van der Waals surface area contributed by atoms with E-state index < -0.39 is 0 Å². The molecule has 104 valence electrons. The number of carbonyl (C=O) groups excluding carboxylic acids is 1. The summed E-state index contributed by atoms with van der Waals surface area (Å²) in [6.45, 7) is 0. The van der Waals surface area contributed by atoms with Crippen molar-refractivity contribution < 1.29 is 4.79 Å². The maximum atomic E-state index is 11.9. The van der Waals surface area contributed by atoms with Crippen LogP contribution >= 0.6 is 11.3 Å². The van der Waals surface area contributed by atoms with Gasteiger partial charge < -0.3 is 5.32 Å². The topological polar surface area (TPSA) is 54.9 Å². The molecule has 0 saturated heterocycles. The Bertz CT molecular complexity index is 709. The van der Waals surface area contributed by atoms with Crippen molar-refractivity contribution in [1.82, 2.24) is 9.97 Å². The third-order valence-corrected chi connectivity index (χ3v) is 3.65. The monoisotopic (exact) mass is 295 g/mol. The van der Waals surface area contributed by atoms with Gasteiger partial charge in [0, 0.05) is 23.3 Å². The number of nitrogens with one attached hydrogen (secondary N) is 1. The van der Waals surface area contributed by atoms with E-state index in [9.17, 15) is 4.79 Å². The highest BCUT2D eigenvalue weighted by Gasteiger charge is 2.06. The summed E-state index contributed by atoms with van der Waals surface area (Å²) in [7, 11) is 0. The van der Waals surface area contributed by atoms with Crippen LogP contribution in [0.4, 0.5) is 5.13 Å². The molecule has 4 nitrogen and oxygen atoms in total. The van der Waals surface area contributed by atoms with E-state index in [1.165, 1.54) is 11.3 Å². The molecular formula is C16H13N3OS. The number of pyridine rings is 1. The van der Waals surface area contributed by atoms with Gasteiger partial charge in [-0.25, -0.2) is 4.98 Å². The molecule has 21 heavy (non-hydrogen) atoms. The zero-order chi connectivity index (χ0) is 14.5. The highest BCUT2D eigenvalue weighted by Crippen LogP contribution is 2.17. The first kappa shape index (κ1) is 13.5. The van der Waals surface area contributed by atoms with Crippen LogP contribution in [0.2, 0.25) is 0 Å². The lowest BCUT2D eigenvalue weighted by Crippen LogP contribution is -2.14. The van der Waals surface area contributed by atoms with Crippen molar-refractivity contribution in [3.8, 4) is 11.3 Å². The van der Waals surface area contributed by atoms with E-state index in [2.05, 4.69) is 15.3 Å². The molecule has 0 aliphatic carbocycles. The zero-order valence-corrected chi connectivity index (χ0v) is 12.0. The van der Waals surface area contributed by atoms with Crippen LogP contribution < -0.4 is 5.32 Å². The number of hydrogen-bond donors (Lipinski definition) is 1. The zero-order valence-electron chi connectivity index (χ0n) is 11.2. The number of benzene rings is 1. The Morgan fingerprint density at radius 2 is 1.90 bits per heavy atom. The quantitative estimate of drug-likeness (QED) is 0.802. The summed E-state index contributed by atoms with van der Waals surface area (Å²) in [6, 6.07) is 13.7. The van der Waals surface area contributed by atoms with Crippen LogP contribution in [0, 0.1) is 0 Å². The lowest BCUT2D eigenvalue weighted by Gasteiger charge is -2.04. The molecule has 0 spiro atoms. The van der Waals surface area contributed by atoms with Crippen molar-refractivity contribution >= 4 is 22.4 Å². The van der Waals surface area contributed by atoms with E-state index in [0.29, 0.717) is 11.6 Å². The average Bonchev–Trinajstić information content (AvgIpc) is 3.02. The van der Waals surface area contributed by atoms with E-state index in [4.69, 9.17) is 0 Å². The fraction of sp³-hybridized carbons (Fsp3) is 0.0625. The van der Waals surface area contributed by atoms with Gasteiger partial charge in [0.05, 0.1) is 12.1 Å². The molecule has 1 amide bonds. The van der Waals surface area contributed by atoms with Crippen LogP contribution in [0.25, 0.3) is 11.3 Å². The first-order valence-electron chi connectivity index (χ1n) is 6.51. The van der Waals surface area contributed by atoms with Crippen molar-refractivity contribution in [2.24, 2.45) is 0 Å². The average molecular weight is 295 g/mol. The van der Waals surface area contributed by atoms with Crippen molar-refractivity contribution in [2.45, 2.75) is 6.42 Å². The molecule has 3 rings (SSSR count). The second-order valence-electron chi connectivity index (χ2n) is 4.47. The van der Waals surface area contributed by atoms with E-state index in [-0.39, 0.29) is 5.91 Å². The molecule has 0 saturated carbocycles. The minimum absolute atomic E-state index is 0.0597. The highest BCUT2D eigenvalue weighted by atomic mass is 32.1. The molecule has 0 unspecified atom stereocenters. The van der Waals surface area contributed by atoms with Crippen LogP contribution in [-0.2, 0) is 11.2 Å². The Hall–Kier alpha value is -2.53. The van der Waals surface area contributed by atoms with Crippen molar-refractivity contribution in [2.75, 3.05) is 5.32 Å². The largest absolute Gasteiger partial charge is 0.302 e. The van der Waals surface area contributed by atoms with Crippen molar-refractivity contribution in [1.29, 1.82) is 0 Å². The van der Waals surface area contributed by atoms with Crippen LogP contribution in [0.5, 0.6) is 0 Å². The fourth-order valence-electron chi connectivity index (χ4n) is 1.96. The van der Waals surface area contributed by atoms with Gasteiger partial charge >= 0.3 is 0 Å². The second kappa shape index (κ2) is 6.28. The lowest BCUT2D eigenvalue weighted by molar-refractivity contribution is -0.115. The summed E-state index contributed by atoms with van der Waals surface area (Å²) in [5, 5.41) is 5.23. The second-order valence-corrected chi connectivity index (χ2v) is 5.37. The molecule has 0 fully saturated rings. The third-order valence-electron chi connectivity index (χ3n) is 2.96. The van der Waals surface area contributed by atoms with E-state index in [1.807, 2.05) is 47.8 Å². The van der Waals surface area contributed by atoms with E-state index in [0.717, 1.165) is 16.8 Å². The molecule has 0 aliphatic rings. The third kappa shape index (κ3) is 3.52. The number of rotatable bonds is 4. The maximum absolute atomic E-state index is 11.9. The van der Waals surface area contributed by atoms with Crippen LogP contribution in [0.3, 0.4) is 0 Å². The Morgan fingerprint density at radius 1 is 1.05 bits per heavy atom. The minimum atomic E-state index is -0.0597. The lowest BCUT2D eigenvalue weighted by atomic mass is 10.1. The van der Waals surface area contributed by atoms with E-state index >= 15 is 0 Å². The summed E-state index contributed by atoms with van der Waals surface area (Å²) in [4.78, 5) is 20.2. The molecule has 1 N–H and O–H groups in total. The summed E-state index contributed by atoms with van der Waals surface area (Å²) >= 11 is 1.41. The molecule has 3 aromatic rings. The normalized spacial score (nSPS) is 10.3. The number of amides is 1. The Balaban J connectivity index is 1.66. The molecule has 2 heterocycles. The summed E-state index contributed by atoms with van der Waals surface area (Å²) in [5.74, 6) is -0.0597. The van der Waals surface area contributed by atoms with Gasteiger partial charge in [-0.2, -0.15) is 0 Å². The van der Waals surface area contributed by atoms with Crippen LogP contribution in [-0.4, -0.2) is 15.9 Å². The maximum Gasteiger partial charge on any atom is 0.230 e. The number of anilines is 1. The number of carbonyl (C=O) groups is 1.